The zero-order valence-electron chi connectivity index (χ0n) is 18.3. The van der Waals surface area contributed by atoms with Crippen molar-refractivity contribution in [2.24, 2.45) is 0 Å². The van der Waals surface area contributed by atoms with Crippen molar-refractivity contribution >= 4 is 27.7 Å². The van der Waals surface area contributed by atoms with E-state index in [1.807, 2.05) is 49.4 Å². The molecular formula is C22H26N6O3S2. The maximum absolute atomic E-state index is 12.7. The summed E-state index contributed by atoms with van der Waals surface area (Å²) < 4.78 is 28.3. The van der Waals surface area contributed by atoms with E-state index in [-0.39, 0.29) is 30.5 Å². The molecule has 1 saturated heterocycles. The summed E-state index contributed by atoms with van der Waals surface area (Å²) in [6.45, 7) is 3.30. The lowest BCUT2D eigenvalue weighted by Crippen LogP contribution is -2.51. The van der Waals surface area contributed by atoms with Crippen LogP contribution < -0.4 is 5.84 Å². The van der Waals surface area contributed by atoms with E-state index < -0.39 is 10.0 Å². The minimum absolute atomic E-state index is 0.0346. The van der Waals surface area contributed by atoms with Crippen molar-refractivity contribution in [1.29, 1.82) is 0 Å². The molecule has 9 nitrogen and oxygen atoms in total. The minimum atomic E-state index is -3.42. The molecule has 174 valence electrons. The van der Waals surface area contributed by atoms with Crippen molar-refractivity contribution in [3.63, 3.8) is 0 Å². The minimum Gasteiger partial charge on any atom is -0.339 e. The van der Waals surface area contributed by atoms with Crippen LogP contribution in [0, 0.1) is 6.92 Å². The molecule has 3 aromatic rings. The van der Waals surface area contributed by atoms with E-state index in [0.29, 0.717) is 24.1 Å². The van der Waals surface area contributed by atoms with Gasteiger partial charge in [0.15, 0.2) is 5.82 Å². The Hall–Kier alpha value is -2.89. The first-order chi connectivity index (χ1) is 15.8. The molecular weight excluding hydrogens is 460 g/mol. The molecule has 0 bridgehead atoms. The number of carbonyl (C=O) groups excluding carboxylic acids is 1. The summed E-state index contributed by atoms with van der Waals surface area (Å²) in [5.41, 5.74) is 2.74. The van der Waals surface area contributed by atoms with Crippen molar-refractivity contribution < 1.29 is 13.2 Å². The van der Waals surface area contributed by atoms with E-state index in [2.05, 4.69) is 10.2 Å². The number of piperazine rings is 1. The van der Waals surface area contributed by atoms with Crippen molar-refractivity contribution in [3.05, 3.63) is 65.7 Å². The largest absolute Gasteiger partial charge is 0.339 e. The number of hydrogen-bond donors (Lipinski definition) is 1. The second-order valence-electron chi connectivity index (χ2n) is 7.85. The predicted molar refractivity (Wildman–Crippen MR) is 128 cm³/mol. The second-order valence-corrected chi connectivity index (χ2v) is 10.8. The third-order valence-electron chi connectivity index (χ3n) is 5.48. The number of sulfonamides is 1. The third kappa shape index (κ3) is 5.55. The van der Waals surface area contributed by atoms with Crippen LogP contribution in [-0.4, -0.2) is 70.3 Å². The van der Waals surface area contributed by atoms with Gasteiger partial charge in [-0.1, -0.05) is 71.9 Å². The van der Waals surface area contributed by atoms with Gasteiger partial charge < -0.3 is 10.7 Å². The van der Waals surface area contributed by atoms with Gasteiger partial charge in [0.1, 0.15) is 0 Å². The Labute approximate surface area is 197 Å². The van der Waals surface area contributed by atoms with Crippen LogP contribution in [0.5, 0.6) is 0 Å². The monoisotopic (exact) mass is 486 g/mol. The van der Waals surface area contributed by atoms with Gasteiger partial charge in [-0.3, -0.25) is 4.79 Å². The van der Waals surface area contributed by atoms with Crippen LogP contribution in [0.4, 0.5) is 0 Å². The van der Waals surface area contributed by atoms with E-state index in [1.54, 1.807) is 17.0 Å². The summed E-state index contributed by atoms with van der Waals surface area (Å²) in [6.07, 6.45) is 0. The third-order valence-corrected chi connectivity index (χ3v) is 8.25. The number of thioether (sulfide) groups is 1. The number of nitrogen functional groups attached to an aromatic ring is 1. The summed E-state index contributed by atoms with van der Waals surface area (Å²) in [7, 11) is -3.42. The van der Waals surface area contributed by atoms with Gasteiger partial charge in [0.05, 0.1) is 11.5 Å². The summed E-state index contributed by atoms with van der Waals surface area (Å²) in [5, 5.41) is 8.70. The molecule has 11 heteroatoms. The number of aryl methyl sites for hydroxylation is 1. The van der Waals surface area contributed by atoms with Gasteiger partial charge in [0.25, 0.3) is 0 Å². The van der Waals surface area contributed by atoms with Gasteiger partial charge in [-0.2, -0.15) is 4.31 Å². The van der Waals surface area contributed by atoms with Crippen molar-refractivity contribution in [2.45, 2.75) is 17.8 Å². The Morgan fingerprint density at radius 1 is 1.00 bits per heavy atom. The highest BCUT2D eigenvalue weighted by molar-refractivity contribution is 7.99. The molecule has 2 heterocycles. The van der Waals surface area contributed by atoms with Gasteiger partial charge in [0, 0.05) is 31.7 Å². The molecule has 1 fully saturated rings. The van der Waals surface area contributed by atoms with Gasteiger partial charge in [0.2, 0.25) is 21.1 Å². The summed E-state index contributed by atoms with van der Waals surface area (Å²) >= 11 is 1.22. The summed E-state index contributed by atoms with van der Waals surface area (Å²) in [6, 6.07) is 16.9. The maximum Gasteiger partial charge on any atom is 0.233 e. The van der Waals surface area contributed by atoms with Gasteiger partial charge >= 0.3 is 0 Å². The first-order valence-corrected chi connectivity index (χ1v) is 13.1. The summed E-state index contributed by atoms with van der Waals surface area (Å²) in [5.74, 6) is 6.70. The molecule has 0 atom stereocenters. The number of aromatic nitrogens is 3. The Morgan fingerprint density at radius 3 is 2.33 bits per heavy atom. The molecule has 2 aromatic carbocycles. The van der Waals surface area contributed by atoms with E-state index in [0.717, 1.165) is 16.7 Å². The smallest absolute Gasteiger partial charge is 0.233 e. The zero-order valence-corrected chi connectivity index (χ0v) is 19.9. The molecule has 0 spiro atoms. The molecule has 2 N–H and O–H groups in total. The fourth-order valence-electron chi connectivity index (χ4n) is 3.58. The lowest BCUT2D eigenvalue weighted by molar-refractivity contribution is -0.129. The molecule has 1 aliphatic rings. The first-order valence-electron chi connectivity index (χ1n) is 10.5. The van der Waals surface area contributed by atoms with E-state index in [9.17, 15) is 13.2 Å². The first kappa shape index (κ1) is 23.3. The van der Waals surface area contributed by atoms with Crippen LogP contribution >= 0.6 is 11.8 Å². The molecule has 1 aromatic heterocycles. The lowest BCUT2D eigenvalue weighted by atomic mass is 10.1. The molecule has 1 aliphatic heterocycles. The van der Waals surface area contributed by atoms with Crippen molar-refractivity contribution in [1.82, 2.24) is 24.1 Å². The Kier molecular flexibility index (Phi) is 7.01. The Morgan fingerprint density at radius 2 is 1.67 bits per heavy atom. The number of nitrogens with two attached hydrogens (primary N) is 1. The van der Waals surface area contributed by atoms with Crippen LogP contribution in [0.15, 0.2) is 59.8 Å². The van der Waals surface area contributed by atoms with E-state index >= 15 is 0 Å². The summed E-state index contributed by atoms with van der Waals surface area (Å²) in [4.78, 5) is 14.4. The molecule has 0 saturated carbocycles. The highest BCUT2D eigenvalue weighted by Crippen LogP contribution is 2.22. The topological polar surface area (TPSA) is 114 Å². The van der Waals surface area contributed by atoms with E-state index in [4.69, 9.17) is 5.84 Å². The number of hydrogen-bond acceptors (Lipinski definition) is 7. The maximum atomic E-state index is 12.7. The predicted octanol–water partition coefficient (Wildman–Crippen LogP) is 1.73. The average molecular weight is 487 g/mol. The molecule has 0 aliphatic carbocycles. The normalized spacial score (nSPS) is 15.0. The van der Waals surface area contributed by atoms with E-state index in [1.165, 1.54) is 20.7 Å². The quantitative estimate of drug-likeness (QED) is 0.400. The van der Waals surface area contributed by atoms with Crippen LogP contribution in [0.2, 0.25) is 0 Å². The van der Waals surface area contributed by atoms with Gasteiger partial charge in [-0.15, -0.1) is 10.2 Å². The average Bonchev–Trinajstić information content (AvgIpc) is 3.18. The van der Waals surface area contributed by atoms with Gasteiger partial charge in [-0.05, 0) is 12.5 Å². The SMILES string of the molecule is Cc1ccc(-c2nnc(SCC(=O)N3CCN(S(=O)(=O)Cc4ccccc4)CC3)n2N)cc1. The van der Waals surface area contributed by atoms with Crippen molar-refractivity contribution in [3.8, 4) is 11.4 Å². The Bertz CT molecular complexity index is 1200. The fraction of sp³-hybridized carbons (Fsp3) is 0.318. The lowest BCUT2D eigenvalue weighted by Gasteiger charge is -2.34. The number of nitrogens with zero attached hydrogens (tertiary/aromatic N) is 5. The number of rotatable bonds is 7. The molecule has 4 rings (SSSR count). The molecule has 33 heavy (non-hydrogen) atoms. The van der Waals surface area contributed by atoms with Crippen LogP contribution in [0.1, 0.15) is 11.1 Å². The molecule has 0 unspecified atom stereocenters. The van der Waals surface area contributed by atoms with Gasteiger partial charge in [-0.25, -0.2) is 13.1 Å². The standard InChI is InChI=1S/C22H26N6O3S2/c1-17-7-9-19(10-8-17)21-24-25-22(28(21)23)32-15-20(29)26-11-13-27(14-12-26)33(30,31)16-18-5-3-2-4-6-18/h2-10H,11-16,23H2,1H3. The number of amides is 1. The Balaban J connectivity index is 1.30. The fourth-order valence-corrected chi connectivity index (χ4v) is 5.86. The number of carbonyl (C=O) groups is 1. The van der Waals surface area contributed by atoms with Crippen LogP contribution in [-0.2, 0) is 20.6 Å². The highest BCUT2D eigenvalue weighted by Gasteiger charge is 2.29. The molecule has 1 amide bonds. The van der Waals surface area contributed by atoms with Crippen molar-refractivity contribution in [2.75, 3.05) is 37.8 Å². The number of benzene rings is 2. The van der Waals surface area contributed by atoms with Crippen LogP contribution in [0.3, 0.4) is 0 Å². The second kappa shape index (κ2) is 9.94. The molecule has 0 radical (unpaired) electrons. The van der Waals surface area contributed by atoms with Crippen LogP contribution in [0.25, 0.3) is 11.4 Å². The highest BCUT2D eigenvalue weighted by atomic mass is 32.2. The zero-order chi connectivity index (χ0) is 23.4.